The van der Waals surface area contributed by atoms with Crippen molar-refractivity contribution in [1.29, 1.82) is 0 Å². The van der Waals surface area contributed by atoms with Gasteiger partial charge in [-0.15, -0.1) is 23.4 Å². The minimum Gasteiger partial charge on any atom is -0.457 e. The molecule has 0 spiro atoms. The highest BCUT2D eigenvalue weighted by atomic mass is 35.5. The number of carbonyl (C=O) groups excluding carboxylic acids is 5. The number of thioether (sulfide) groups is 1. The molecule has 3 amide bonds. The average Bonchev–Trinajstić information content (AvgIpc) is 3.58. The van der Waals surface area contributed by atoms with Crippen molar-refractivity contribution in [3.05, 3.63) is 88.9 Å². The molecule has 15 nitrogen and oxygen atoms in total. The van der Waals surface area contributed by atoms with Gasteiger partial charge in [0.15, 0.2) is 6.10 Å². The lowest BCUT2D eigenvalue weighted by molar-refractivity contribution is -0.179. The summed E-state index contributed by atoms with van der Waals surface area (Å²) in [5.41, 5.74) is -1.87. The Labute approximate surface area is 337 Å². The number of ether oxygens (including phenoxy) is 3. The molecule has 56 heavy (non-hydrogen) atoms. The standard InChI is InChI=1S/C38H43ClN6O9S2/c1-36(2,3)52-33(49)38(7,8)54-43-24(28-41-34(56-44-28)42-35(50)53-37(4,5)6)29(46)40-25-30(47)45-26(23(19-39)20-55-31(25)45)32(48)51-27(21-15-11-9-12-16-21)22-17-13-10-14-18-22/h9-18,25,27,31H,19-20H2,1-8H3,(H,40,46)(H,41,42,44,50)/b43-24-/t25?,31-/m0/s1. The van der Waals surface area contributed by atoms with Crippen LogP contribution in [0.3, 0.4) is 0 Å². The molecule has 18 heteroatoms. The number of rotatable bonds is 12. The van der Waals surface area contributed by atoms with Crippen LogP contribution in [0.4, 0.5) is 9.93 Å². The summed E-state index contributed by atoms with van der Waals surface area (Å²) in [6.07, 6.45) is -1.59. The van der Waals surface area contributed by atoms with Gasteiger partial charge in [-0.3, -0.25) is 19.8 Å². The fraction of sp³-hybridized carbons (Fsp3) is 0.421. The molecule has 3 heterocycles. The number of β-lactam (4-membered cyclic amide) rings is 1. The smallest absolute Gasteiger partial charge is 0.414 e. The van der Waals surface area contributed by atoms with Crippen molar-refractivity contribution in [3.63, 3.8) is 0 Å². The van der Waals surface area contributed by atoms with E-state index in [9.17, 15) is 24.0 Å². The highest BCUT2D eigenvalue weighted by Gasteiger charge is 2.55. The summed E-state index contributed by atoms with van der Waals surface area (Å²) in [6, 6.07) is 17.3. The van der Waals surface area contributed by atoms with E-state index in [0.29, 0.717) is 5.57 Å². The Balaban J connectivity index is 1.39. The molecular weight excluding hydrogens is 784 g/mol. The highest BCUT2D eigenvalue weighted by Crippen LogP contribution is 2.42. The summed E-state index contributed by atoms with van der Waals surface area (Å²) >= 11 is 8.33. The van der Waals surface area contributed by atoms with Crippen molar-refractivity contribution in [2.24, 2.45) is 5.16 Å². The summed E-state index contributed by atoms with van der Waals surface area (Å²) < 4.78 is 21.0. The van der Waals surface area contributed by atoms with Crippen LogP contribution < -0.4 is 10.6 Å². The molecule has 5 rings (SSSR count). The maximum atomic E-state index is 14.0. The second-order valence-electron chi connectivity index (χ2n) is 15.1. The Bertz CT molecular complexity index is 1990. The molecule has 1 fully saturated rings. The summed E-state index contributed by atoms with van der Waals surface area (Å²) in [6.45, 7) is 12.9. The SMILES string of the molecule is CC(C)(C)OC(=O)Nc1nc(/C(=N/OC(C)(C)C(=O)OC(C)(C)C)C(=O)NC2C(=O)N3C(C(=O)OC(c4ccccc4)c4ccccc4)=C(CCl)CS[C@@H]23)ns1. The number of fused-ring (bicyclic) bond motifs is 1. The van der Waals surface area contributed by atoms with Crippen molar-refractivity contribution in [3.8, 4) is 0 Å². The van der Waals surface area contributed by atoms with Crippen LogP contribution in [0.1, 0.15) is 78.4 Å². The molecule has 0 bridgehead atoms. The Hall–Kier alpha value is -5.00. The first-order valence-electron chi connectivity index (χ1n) is 17.5. The van der Waals surface area contributed by atoms with E-state index in [4.69, 9.17) is 30.6 Å². The monoisotopic (exact) mass is 826 g/mol. The van der Waals surface area contributed by atoms with Crippen LogP contribution in [-0.2, 0) is 38.2 Å². The Morgan fingerprint density at radius 1 is 0.929 bits per heavy atom. The third-order valence-corrected chi connectivity index (χ3v) is 10.1. The van der Waals surface area contributed by atoms with Gasteiger partial charge in [0, 0.05) is 23.2 Å². The predicted molar refractivity (Wildman–Crippen MR) is 211 cm³/mol. The summed E-state index contributed by atoms with van der Waals surface area (Å²) in [4.78, 5) is 78.2. The van der Waals surface area contributed by atoms with E-state index in [0.717, 1.165) is 22.7 Å². The van der Waals surface area contributed by atoms with Crippen molar-refractivity contribution in [2.75, 3.05) is 16.9 Å². The molecule has 2 aliphatic rings. The number of amides is 3. The molecule has 1 saturated heterocycles. The van der Waals surface area contributed by atoms with Crippen LogP contribution >= 0.6 is 34.9 Å². The number of alkyl halides is 1. The number of hydrogen-bond donors (Lipinski definition) is 2. The molecule has 2 aromatic carbocycles. The second-order valence-corrected chi connectivity index (χ2v) is 17.3. The summed E-state index contributed by atoms with van der Waals surface area (Å²) in [5.74, 6) is -3.10. The Morgan fingerprint density at radius 3 is 2.07 bits per heavy atom. The van der Waals surface area contributed by atoms with Crippen molar-refractivity contribution in [2.45, 2.75) is 89.7 Å². The summed E-state index contributed by atoms with van der Waals surface area (Å²) in [5, 5.41) is 8.34. The van der Waals surface area contributed by atoms with Gasteiger partial charge in [0.25, 0.3) is 11.8 Å². The number of anilines is 1. The minimum absolute atomic E-state index is 0.00599. The number of halogens is 1. The van der Waals surface area contributed by atoms with Crippen LogP contribution in [-0.4, -0.2) is 89.7 Å². The maximum Gasteiger partial charge on any atom is 0.414 e. The molecular formula is C38H43ClN6O9S2. The number of benzene rings is 2. The lowest BCUT2D eigenvalue weighted by atomic mass is 10.0. The van der Waals surface area contributed by atoms with Crippen molar-refractivity contribution >= 4 is 75.6 Å². The number of nitrogens with one attached hydrogen (secondary N) is 2. The van der Waals surface area contributed by atoms with Gasteiger partial charge in [-0.1, -0.05) is 65.8 Å². The van der Waals surface area contributed by atoms with Gasteiger partial charge in [0.05, 0.1) is 0 Å². The third-order valence-electron chi connectivity index (χ3n) is 7.83. The number of oxime groups is 1. The maximum absolute atomic E-state index is 14.0. The van der Waals surface area contributed by atoms with Crippen LogP contribution in [0.5, 0.6) is 0 Å². The first kappa shape index (κ1) is 42.1. The largest absolute Gasteiger partial charge is 0.457 e. The predicted octanol–water partition coefficient (Wildman–Crippen LogP) is 5.95. The molecule has 0 radical (unpaired) electrons. The zero-order valence-electron chi connectivity index (χ0n) is 32.1. The normalized spacial score (nSPS) is 17.4. The van der Waals surface area contributed by atoms with Crippen LogP contribution in [0, 0.1) is 0 Å². The molecule has 1 aromatic heterocycles. The highest BCUT2D eigenvalue weighted by molar-refractivity contribution is 8.00. The van der Waals surface area contributed by atoms with Crippen LogP contribution in [0.25, 0.3) is 0 Å². The van der Waals surface area contributed by atoms with Gasteiger partial charge in [0.2, 0.25) is 22.3 Å². The molecule has 0 aliphatic carbocycles. The number of carbonyl (C=O) groups is 5. The van der Waals surface area contributed by atoms with E-state index >= 15 is 0 Å². The lowest BCUT2D eigenvalue weighted by Gasteiger charge is -2.49. The quantitative estimate of drug-likeness (QED) is 0.0546. The molecule has 298 valence electrons. The fourth-order valence-electron chi connectivity index (χ4n) is 5.27. The van der Waals surface area contributed by atoms with Crippen molar-refractivity contribution < 1.29 is 43.0 Å². The minimum atomic E-state index is -1.68. The van der Waals surface area contributed by atoms with E-state index in [1.54, 1.807) is 41.5 Å². The number of aromatic nitrogens is 2. The average molecular weight is 827 g/mol. The van der Waals surface area contributed by atoms with E-state index in [2.05, 4.69) is 25.1 Å². The topological polar surface area (TPSA) is 188 Å². The zero-order chi connectivity index (χ0) is 41.0. The molecule has 2 aliphatic heterocycles. The molecule has 2 atom stereocenters. The van der Waals surface area contributed by atoms with Gasteiger partial charge in [-0.05, 0) is 72.1 Å². The molecule has 3 aromatic rings. The molecule has 1 unspecified atom stereocenters. The van der Waals surface area contributed by atoms with E-state index < -0.39 is 69.9 Å². The van der Waals surface area contributed by atoms with E-state index in [1.807, 2.05) is 60.7 Å². The van der Waals surface area contributed by atoms with Crippen LogP contribution in [0.15, 0.2) is 77.1 Å². The lowest BCUT2D eigenvalue weighted by Crippen LogP contribution is -2.71. The van der Waals surface area contributed by atoms with Crippen LogP contribution in [0.2, 0.25) is 0 Å². The van der Waals surface area contributed by atoms with Crippen molar-refractivity contribution in [1.82, 2.24) is 19.6 Å². The number of esters is 2. The van der Waals surface area contributed by atoms with Gasteiger partial charge in [0.1, 0.15) is 28.3 Å². The fourth-order valence-corrected chi connectivity index (χ4v) is 7.51. The van der Waals surface area contributed by atoms with E-state index in [-0.39, 0.29) is 28.3 Å². The molecule has 2 N–H and O–H groups in total. The Morgan fingerprint density at radius 2 is 1.52 bits per heavy atom. The third kappa shape index (κ3) is 10.2. The van der Waals surface area contributed by atoms with E-state index in [1.165, 1.54) is 30.5 Å². The van der Waals surface area contributed by atoms with Gasteiger partial charge in [-0.25, -0.2) is 14.4 Å². The summed E-state index contributed by atoms with van der Waals surface area (Å²) in [7, 11) is 0. The van der Waals surface area contributed by atoms with Gasteiger partial charge in [-0.2, -0.15) is 9.36 Å². The van der Waals surface area contributed by atoms with Gasteiger partial charge >= 0.3 is 18.0 Å². The second kappa shape index (κ2) is 17.0. The number of nitrogens with zero attached hydrogens (tertiary/aromatic N) is 4. The first-order valence-corrected chi connectivity index (χ1v) is 19.8. The Kier molecular flexibility index (Phi) is 12.8. The molecule has 0 saturated carbocycles. The number of hydrogen-bond acceptors (Lipinski definition) is 14. The first-order chi connectivity index (χ1) is 26.3. The zero-order valence-corrected chi connectivity index (χ0v) is 34.5. The van der Waals surface area contributed by atoms with Gasteiger partial charge < -0.3 is 24.4 Å².